The molecule has 0 aliphatic rings. The first-order valence-corrected chi connectivity index (χ1v) is 6.38. The Hall–Kier alpha value is -2.51. The molecule has 0 saturated heterocycles. The molecule has 0 spiro atoms. The van der Waals surface area contributed by atoms with Crippen LogP contribution in [0.5, 0.6) is 17.8 Å². The molecule has 0 fully saturated rings. The average Bonchev–Trinajstić information content (AvgIpc) is 2.43. The van der Waals surface area contributed by atoms with E-state index in [1.54, 1.807) is 6.92 Å². The fraction of sp³-hybridized carbons (Fsp3) is 0.308. The van der Waals surface area contributed by atoms with Gasteiger partial charge in [-0.3, -0.25) is 0 Å². The van der Waals surface area contributed by atoms with Gasteiger partial charge in [0.05, 0.1) is 6.61 Å². The van der Waals surface area contributed by atoms with E-state index in [-0.39, 0.29) is 23.7 Å². The Kier molecular flexibility index (Phi) is 4.81. The van der Waals surface area contributed by atoms with Gasteiger partial charge < -0.3 is 14.8 Å². The zero-order chi connectivity index (χ0) is 15.2. The maximum atomic E-state index is 13.5. The Morgan fingerprint density at radius 2 is 1.86 bits per heavy atom. The minimum Gasteiger partial charge on any atom is -0.464 e. The Balaban J connectivity index is 2.31. The molecule has 0 radical (unpaired) electrons. The van der Waals surface area contributed by atoms with Crippen molar-refractivity contribution < 1.29 is 18.3 Å². The second-order valence-electron chi connectivity index (χ2n) is 3.86. The summed E-state index contributed by atoms with van der Waals surface area (Å²) in [6, 6.07) is 2.71. The first-order chi connectivity index (χ1) is 10.1. The summed E-state index contributed by atoms with van der Waals surface area (Å²) < 4.78 is 37.0. The summed E-state index contributed by atoms with van der Waals surface area (Å²) in [4.78, 5) is 11.8. The van der Waals surface area contributed by atoms with E-state index < -0.39 is 11.6 Å². The molecule has 1 heterocycles. The second-order valence-corrected chi connectivity index (χ2v) is 3.86. The van der Waals surface area contributed by atoms with Gasteiger partial charge in [-0.2, -0.15) is 9.97 Å². The number of nitrogens with one attached hydrogen (secondary N) is 1. The van der Waals surface area contributed by atoms with Crippen LogP contribution in [0.2, 0.25) is 0 Å². The highest BCUT2D eigenvalue weighted by Crippen LogP contribution is 2.24. The maximum absolute atomic E-state index is 13.5. The molecule has 0 aliphatic heterocycles. The van der Waals surface area contributed by atoms with Crippen molar-refractivity contribution in [3.05, 3.63) is 29.8 Å². The molecule has 112 valence electrons. The molecule has 0 unspecified atom stereocenters. The Morgan fingerprint density at radius 1 is 1.10 bits per heavy atom. The predicted octanol–water partition coefficient (Wildman–Crippen LogP) is 2.77. The van der Waals surface area contributed by atoms with Gasteiger partial charge in [0, 0.05) is 12.6 Å². The number of benzene rings is 1. The average molecular weight is 296 g/mol. The Morgan fingerprint density at radius 3 is 2.57 bits per heavy atom. The molecule has 0 saturated carbocycles. The van der Waals surface area contributed by atoms with Crippen LogP contribution in [0.4, 0.5) is 14.7 Å². The van der Waals surface area contributed by atoms with Crippen LogP contribution in [0.1, 0.15) is 13.8 Å². The monoisotopic (exact) mass is 296 g/mol. The summed E-state index contributed by atoms with van der Waals surface area (Å²) in [5.74, 6) is -1.44. The number of halogens is 2. The predicted molar refractivity (Wildman–Crippen MR) is 71.6 cm³/mol. The van der Waals surface area contributed by atoms with Crippen molar-refractivity contribution in [1.82, 2.24) is 15.0 Å². The van der Waals surface area contributed by atoms with E-state index in [1.807, 2.05) is 6.92 Å². The van der Waals surface area contributed by atoms with Gasteiger partial charge in [0.25, 0.3) is 0 Å². The number of anilines is 1. The van der Waals surface area contributed by atoms with Gasteiger partial charge in [0.1, 0.15) is 5.82 Å². The van der Waals surface area contributed by atoms with Crippen molar-refractivity contribution in [2.75, 3.05) is 18.5 Å². The molecule has 0 bridgehead atoms. The van der Waals surface area contributed by atoms with Crippen molar-refractivity contribution in [2.45, 2.75) is 13.8 Å². The highest BCUT2D eigenvalue weighted by atomic mass is 19.1. The molecule has 8 heteroatoms. The van der Waals surface area contributed by atoms with E-state index in [0.29, 0.717) is 13.2 Å². The summed E-state index contributed by atoms with van der Waals surface area (Å²) in [6.07, 6.45) is 0. The Labute approximate surface area is 120 Å². The number of hydrogen-bond donors (Lipinski definition) is 1. The zero-order valence-corrected chi connectivity index (χ0v) is 11.6. The minimum atomic E-state index is -0.722. The van der Waals surface area contributed by atoms with E-state index in [9.17, 15) is 8.78 Å². The molecule has 0 aliphatic carbocycles. The Bertz CT molecular complexity index is 601. The number of hydrogen-bond acceptors (Lipinski definition) is 6. The van der Waals surface area contributed by atoms with Crippen LogP contribution >= 0.6 is 0 Å². The van der Waals surface area contributed by atoms with E-state index >= 15 is 0 Å². The van der Waals surface area contributed by atoms with E-state index in [4.69, 9.17) is 9.47 Å². The second kappa shape index (κ2) is 6.78. The molecule has 1 aromatic heterocycles. The molecule has 1 N–H and O–H groups in total. The van der Waals surface area contributed by atoms with Crippen LogP contribution in [0.3, 0.4) is 0 Å². The van der Waals surface area contributed by atoms with Crippen molar-refractivity contribution in [2.24, 2.45) is 0 Å². The third-order valence-corrected chi connectivity index (χ3v) is 2.30. The first kappa shape index (κ1) is 14.9. The normalized spacial score (nSPS) is 10.3. The molecule has 21 heavy (non-hydrogen) atoms. The van der Waals surface area contributed by atoms with E-state index in [0.717, 1.165) is 18.2 Å². The molecule has 2 aromatic rings. The lowest BCUT2D eigenvalue weighted by atomic mass is 10.3. The quantitative estimate of drug-likeness (QED) is 0.884. The summed E-state index contributed by atoms with van der Waals surface area (Å²) in [5, 5.41) is 2.87. The van der Waals surface area contributed by atoms with Crippen molar-refractivity contribution >= 4 is 5.95 Å². The lowest BCUT2D eigenvalue weighted by molar-refractivity contribution is 0.302. The van der Waals surface area contributed by atoms with Gasteiger partial charge in [0.15, 0.2) is 11.6 Å². The van der Waals surface area contributed by atoms with Gasteiger partial charge in [0.2, 0.25) is 5.95 Å². The van der Waals surface area contributed by atoms with Crippen molar-refractivity contribution in [1.29, 1.82) is 0 Å². The van der Waals surface area contributed by atoms with Crippen LogP contribution < -0.4 is 14.8 Å². The van der Waals surface area contributed by atoms with Crippen LogP contribution in [0.15, 0.2) is 18.2 Å². The summed E-state index contributed by atoms with van der Waals surface area (Å²) in [6.45, 7) is 4.55. The SMILES string of the molecule is CCNc1nc(OCC)nc(Oc2cc(F)ccc2F)n1. The van der Waals surface area contributed by atoms with Crippen LogP contribution in [-0.2, 0) is 0 Å². The number of aromatic nitrogens is 3. The maximum Gasteiger partial charge on any atom is 0.330 e. The fourth-order valence-electron chi connectivity index (χ4n) is 1.47. The summed E-state index contributed by atoms with van der Waals surface area (Å²) >= 11 is 0. The number of nitrogens with zero attached hydrogens (tertiary/aromatic N) is 3. The van der Waals surface area contributed by atoms with Gasteiger partial charge in [-0.1, -0.05) is 0 Å². The highest BCUT2D eigenvalue weighted by molar-refractivity contribution is 5.31. The van der Waals surface area contributed by atoms with Crippen molar-refractivity contribution in [3.63, 3.8) is 0 Å². The van der Waals surface area contributed by atoms with Crippen LogP contribution in [0.25, 0.3) is 0 Å². The summed E-state index contributed by atoms with van der Waals surface area (Å²) in [5.41, 5.74) is 0. The minimum absolute atomic E-state index is 0.0373. The molecule has 0 atom stereocenters. The third-order valence-electron chi connectivity index (χ3n) is 2.30. The first-order valence-electron chi connectivity index (χ1n) is 6.38. The third kappa shape index (κ3) is 3.98. The standard InChI is InChI=1S/C13H14F2N4O2/c1-3-16-11-17-12(20-4-2)19-13(18-11)21-10-7-8(14)5-6-9(10)15/h5-7H,3-4H2,1-2H3,(H,16,17,18,19). The molecule has 6 nitrogen and oxygen atoms in total. The lowest BCUT2D eigenvalue weighted by Gasteiger charge is -2.09. The van der Waals surface area contributed by atoms with Gasteiger partial charge in [-0.15, -0.1) is 4.98 Å². The van der Waals surface area contributed by atoms with Crippen molar-refractivity contribution in [3.8, 4) is 17.8 Å². The molecule has 1 aromatic carbocycles. The highest BCUT2D eigenvalue weighted by Gasteiger charge is 2.12. The lowest BCUT2D eigenvalue weighted by Crippen LogP contribution is -2.07. The molecule has 2 rings (SSSR count). The summed E-state index contributed by atoms with van der Waals surface area (Å²) in [7, 11) is 0. The zero-order valence-electron chi connectivity index (χ0n) is 11.6. The largest absolute Gasteiger partial charge is 0.464 e. The molecular weight excluding hydrogens is 282 g/mol. The smallest absolute Gasteiger partial charge is 0.330 e. The van der Waals surface area contributed by atoms with Crippen LogP contribution in [-0.4, -0.2) is 28.1 Å². The number of ether oxygens (including phenoxy) is 2. The number of rotatable bonds is 6. The van der Waals surface area contributed by atoms with Crippen LogP contribution in [0, 0.1) is 11.6 Å². The van der Waals surface area contributed by atoms with E-state index in [2.05, 4.69) is 20.3 Å². The molecular formula is C13H14F2N4O2. The van der Waals surface area contributed by atoms with Gasteiger partial charge in [-0.05, 0) is 26.0 Å². The van der Waals surface area contributed by atoms with Gasteiger partial charge >= 0.3 is 12.0 Å². The van der Waals surface area contributed by atoms with E-state index in [1.165, 1.54) is 0 Å². The topological polar surface area (TPSA) is 69.2 Å². The van der Waals surface area contributed by atoms with Gasteiger partial charge in [-0.25, -0.2) is 8.78 Å². The fourth-order valence-corrected chi connectivity index (χ4v) is 1.47. The molecule has 0 amide bonds.